The van der Waals surface area contributed by atoms with E-state index >= 15 is 0 Å². The Morgan fingerprint density at radius 3 is 2.65 bits per heavy atom. The first-order valence-electron chi connectivity index (χ1n) is 7.08. The molecular weight excluding hydrogens is 315 g/mol. The third kappa shape index (κ3) is 4.61. The highest BCUT2D eigenvalue weighted by Gasteiger charge is 2.31. The van der Waals surface area contributed by atoms with Gasteiger partial charge in [0, 0.05) is 13.1 Å². The number of carboxylic acids is 1. The third-order valence-electron chi connectivity index (χ3n) is 3.57. The predicted molar refractivity (Wildman–Crippen MR) is 74.3 cm³/mol. The summed E-state index contributed by atoms with van der Waals surface area (Å²) in [5.74, 6) is -2.32. The average molecular weight is 331 g/mol. The number of carboxylic acid groups (broad SMARTS) is 1. The number of hydrogen-bond acceptors (Lipinski definition) is 3. The van der Waals surface area contributed by atoms with Crippen molar-refractivity contribution in [3.63, 3.8) is 0 Å². The predicted octanol–water partition coefficient (Wildman–Crippen LogP) is 2.56. The van der Waals surface area contributed by atoms with Gasteiger partial charge in [-0.1, -0.05) is 12.1 Å². The van der Waals surface area contributed by atoms with Gasteiger partial charge in [0.25, 0.3) is 5.91 Å². The second kappa shape index (κ2) is 6.89. The highest BCUT2D eigenvalue weighted by Crippen LogP contribution is 2.25. The van der Waals surface area contributed by atoms with E-state index in [1.54, 1.807) is 0 Å². The van der Waals surface area contributed by atoms with Gasteiger partial charge in [0.15, 0.2) is 6.61 Å². The highest BCUT2D eigenvalue weighted by atomic mass is 19.4. The number of alkyl halides is 3. The minimum Gasteiger partial charge on any atom is -0.483 e. The monoisotopic (exact) mass is 331 g/mol. The number of likely N-dealkylation sites (tertiary alicyclic amines) is 1. The lowest BCUT2D eigenvalue weighted by atomic mass is 9.97. The van der Waals surface area contributed by atoms with Crippen molar-refractivity contribution < 1.29 is 32.6 Å². The number of carbonyl (C=O) groups excluding carboxylic acids is 1. The molecule has 1 amide bonds. The number of para-hydroxylation sites is 1. The van der Waals surface area contributed by atoms with Crippen molar-refractivity contribution >= 4 is 11.9 Å². The summed E-state index contributed by atoms with van der Waals surface area (Å²) >= 11 is 0. The minimum atomic E-state index is -4.50. The van der Waals surface area contributed by atoms with E-state index in [1.165, 1.54) is 29.2 Å². The summed E-state index contributed by atoms with van der Waals surface area (Å²) in [5, 5.41) is 9.05. The maximum atomic E-state index is 12.5. The molecule has 1 unspecified atom stereocenters. The van der Waals surface area contributed by atoms with Gasteiger partial charge in [0.2, 0.25) is 0 Å². The molecule has 1 atom stereocenters. The van der Waals surface area contributed by atoms with Crippen LogP contribution in [0.25, 0.3) is 0 Å². The Balaban J connectivity index is 2.14. The molecular formula is C15H16F3NO4. The van der Waals surface area contributed by atoms with Crippen molar-refractivity contribution in [1.29, 1.82) is 0 Å². The van der Waals surface area contributed by atoms with Crippen LogP contribution >= 0.6 is 0 Å². The first kappa shape index (κ1) is 17.1. The number of amides is 1. The third-order valence-corrected chi connectivity index (χ3v) is 3.57. The fourth-order valence-electron chi connectivity index (χ4n) is 2.46. The lowest BCUT2D eigenvalue weighted by Gasteiger charge is -2.31. The Morgan fingerprint density at radius 1 is 1.30 bits per heavy atom. The molecule has 1 N–H and O–H groups in total. The van der Waals surface area contributed by atoms with E-state index in [9.17, 15) is 22.8 Å². The quantitative estimate of drug-likeness (QED) is 0.921. The number of nitrogens with zero attached hydrogens (tertiary/aromatic N) is 1. The second-order valence-electron chi connectivity index (χ2n) is 5.33. The second-order valence-corrected chi connectivity index (χ2v) is 5.33. The van der Waals surface area contributed by atoms with Crippen molar-refractivity contribution in [1.82, 2.24) is 4.90 Å². The van der Waals surface area contributed by atoms with Crippen molar-refractivity contribution in [2.24, 2.45) is 5.92 Å². The van der Waals surface area contributed by atoms with Gasteiger partial charge >= 0.3 is 12.1 Å². The average Bonchev–Trinajstić information content (AvgIpc) is 2.52. The standard InChI is InChI=1S/C15H16F3NO4/c16-15(17,18)9-23-12-6-2-1-5-11(12)13(20)19-7-3-4-10(8-19)14(21)22/h1-2,5-6,10H,3-4,7-9H2,(H,21,22). The first-order chi connectivity index (χ1) is 10.8. The topological polar surface area (TPSA) is 66.8 Å². The van der Waals surface area contributed by atoms with Gasteiger partial charge in [0.1, 0.15) is 5.75 Å². The molecule has 0 aromatic heterocycles. The summed E-state index contributed by atoms with van der Waals surface area (Å²) in [6.45, 7) is -1.08. The first-order valence-corrected chi connectivity index (χ1v) is 7.08. The fourth-order valence-corrected chi connectivity index (χ4v) is 2.46. The van der Waals surface area contributed by atoms with Crippen LogP contribution in [0.2, 0.25) is 0 Å². The Bertz CT molecular complexity index is 588. The van der Waals surface area contributed by atoms with Gasteiger partial charge in [-0.3, -0.25) is 9.59 Å². The Labute approximate surface area is 130 Å². The van der Waals surface area contributed by atoms with Gasteiger partial charge in [-0.2, -0.15) is 13.2 Å². The molecule has 5 nitrogen and oxygen atoms in total. The number of hydrogen-bond donors (Lipinski definition) is 1. The van der Waals surface area contributed by atoms with Crippen LogP contribution in [-0.2, 0) is 4.79 Å². The van der Waals surface area contributed by atoms with Crippen LogP contribution in [0.3, 0.4) is 0 Å². The van der Waals surface area contributed by atoms with Crippen molar-refractivity contribution in [2.75, 3.05) is 19.7 Å². The van der Waals surface area contributed by atoms with Crippen LogP contribution in [0.15, 0.2) is 24.3 Å². The van der Waals surface area contributed by atoms with Crippen LogP contribution < -0.4 is 4.74 Å². The van der Waals surface area contributed by atoms with E-state index in [4.69, 9.17) is 9.84 Å². The summed E-state index contributed by atoms with van der Waals surface area (Å²) in [5.41, 5.74) is 0.00258. The molecule has 0 spiro atoms. The van der Waals surface area contributed by atoms with E-state index in [2.05, 4.69) is 0 Å². The summed E-state index contributed by atoms with van der Waals surface area (Å²) in [4.78, 5) is 24.9. The summed E-state index contributed by atoms with van der Waals surface area (Å²) < 4.78 is 41.5. The van der Waals surface area contributed by atoms with Gasteiger partial charge in [-0.05, 0) is 25.0 Å². The molecule has 1 aliphatic heterocycles. The lowest BCUT2D eigenvalue weighted by Crippen LogP contribution is -2.42. The molecule has 1 heterocycles. The fraction of sp³-hybridized carbons (Fsp3) is 0.467. The number of piperidine rings is 1. The lowest BCUT2D eigenvalue weighted by molar-refractivity contribution is -0.153. The maximum absolute atomic E-state index is 12.5. The summed E-state index contributed by atoms with van der Waals surface area (Å²) in [6.07, 6.45) is -3.49. The molecule has 1 aliphatic rings. The SMILES string of the molecule is O=C(O)C1CCCN(C(=O)c2ccccc2OCC(F)(F)F)C1. The molecule has 23 heavy (non-hydrogen) atoms. The molecule has 8 heteroatoms. The largest absolute Gasteiger partial charge is 0.483 e. The van der Waals surface area contributed by atoms with E-state index in [0.29, 0.717) is 19.4 Å². The van der Waals surface area contributed by atoms with Gasteiger partial charge in [-0.15, -0.1) is 0 Å². The van der Waals surface area contributed by atoms with Crippen LogP contribution in [-0.4, -0.2) is 47.8 Å². The number of halogens is 3. The van der Waals surface area contributed by atoms with E-state index in [1.807, 2.05) is 0 Å². The maximum Gasteiger partial charge on any atom is 0.422 e. The zero-order valence-electron chi connectivity index (χ0n) is 12.2. The molecule has 0 bridgehead atoms. The van der Waals surface area contributed by atoms with Crippen molar-refractivity contribution in [3.8, 4) is 5.75 Å². The molecule has 1 aromatic carbocycles. The smallest absolute Gasteiger partial charge is 0.422 e. The molecule has 0 aliphatic carbocycles. The Hall–Kier alpha value is -2.25. The number of benzene rings is 1. The van der Waals surface area contributed by atoms with Crippen LogP contribution in [0.4, 0.5) is 13.2 Å². The van der Waals surface area contributed by atoms with Gasteiger partial charge in [0.05, 0.1) is 11.5 Å². The van der Waals surface area contributed by atoms with Gasteiger partial charge < -0.3 is 14.7 Å². The molecule has 2 rings (SSSR count). The van der Waals surface area contributed by atoms with E-state index in [0.717, 1.165) is 0 Å². The van der Waals surface area contributed by atoms with Crippen molar-refractivity contribution in [2.45, 2.75) is 19.0 Å². The number of rotatable bonds is 4. The van der Waals surface area contributed by atoms with Gasteiger partial charge in [-0.25, -0.2) is 0 Å². The molecule has 1 fully saturated rings. The normalized spacial score (nSPS) is 18.6. The minimum absolute atomic E-state index is 0.00258. The summed E-state index contributed by atoms with van der Waals surface area (Å²) in [6, 6.07) is 5.65. The van der Waals surface area contributed by atoms with Crippen LogP contribution in [0.1, 0.15) is 23.2 Å². The Kier molecular flexibility index (Phi) is 5.12. The van der Waals surface area contributed by atoms with Crippen LogP contribution in [0, 0.1) is 5.92 Å². The van der Waals surface area contributed by atoms with Crippen LogP contribution in [0.5, 0.6) is 5.75 Å². The molecule has 1 saturated heterocycles. The van der Waals surface area contributed by atoms with Crippen molar-refractivity contribution in [3.05, 3.63) is 29.8 Å². The summed E-state index contributed by atoms with van der Waals surface area (Å²) in [7, 11) is 0. The molecule has 126 valence electrons. The van der Waals surface area contributed by atoms with E-state index in [-0.39, 0.29) is 17.9 Å². The zero-order chi connectivity index (χ0) is 17.0. The highest BCUT2D eigenvalue weighted by molar-refractivity contribution is 5.97. The number of ether oxygens (including phenoxy) is 1. The molecule has 0 radical (unpaired) electrons. The number of carbonyl (C=O) groups is 2. The molecule has 0 saturated carbocycles. The van der Waals surface area contributed by atoms with E-state index < -0.39 is 30.6 Å². The zero-order valence-corrected chi connectivity index (χ0v) is 12.2. The number of aliphatic carboxylic acids is 1. The molecule has 1 aromatic rings. The Morgan fingerprint density at radius 2 is 2.00 bits per heavy atom.